The maximum absolute atomic E-state index is 13.8. The van der Waals surface area contributed by atoms with Gasteiger partial charge in [-0.2, -0.15) is 0 Å². The second-order valence-electron chi connectivity index (χ2n) is 8.91. The van der Waals surface area contributed by atoms with Crippen LogP contribution in [-0.2, 0) is 17.6 Å². The molecule has 1 aliphatic rings. The van der Waals surface area contributed by atoms with Gasteiger partial charge in [-0.3, -0.25) is 19.0 Å². The molecule has 0 saturated carbocycles. The van der Waals surface area contributed by atoms with Crippen molar-refractivity contribution in [2.45, 2.75) is 13.5 Å². The minimum absolute atomic E-state index is 0.0154. The van der Waals surface area contributed by atoms with E-state index in [1.807, 2.05) is 4.90 Å². The molecule has 1 aromatic carbocycles. The zero-order valence-electron chi connectivity index (χ0n) is 20.4. The molecule has 1 saturated heterocycles. The van der Waals surface area contributed by atoms with Crippen molar-refractivity contribution in [1.29, 1.82) is 0 Å². The molecule has 0 aliphatic carbocycles. The van der Waals surface area contributed by atoms with E-state index in [-0.39, 0.29) is 28.4 Å². The molecule has 4 rings (SSSR count). The lowest BCUT2D eigenvalue weighted by molar-refractivity contribution is 0.0695. The van der Waals surface area contributed by atoms with Crippen LogP contribution in [0.5, 0.6) is 0 Å². The third kappa shape index (κ3) is 6.55. The second-order valence-corrected chi connectivity index (χ2v) is 9.77. The molecule has 13 heteroatoms. The van der Waals surface area contributed by atoms with Gasteiger partial charge in [0.2, 0.25) is 0 Å². The normalized spacial score (nSPS) is 15.2. The maximum Gasteiger partial charge on any atom is 0.336 e. The van der Waals surface area contributed by atoms with Gasteiger partial charge in [0.05, 0.1) is 35.1 Å². The van der Waals surface area contributed by atoms with E-state index >= 15 is 0 Å². The fraction of sp³-hybridized carbons (Fsp3) is 0.280. The summed E-state index contributed by atoms with van der Waals surface area (Å²) in [5, 5.41) is 22.4. The number of anilines is 2. The number of aromatic nitrogens is 2. The fourth-order valence-electron chi connectivity index (χ4n) is 4.34. The molecule has 0 radical (unpaired) electrons. The quantitative estimate of drug-likeness (QED) is 0.341. The first-order valence-electron chi connectivity index (χ1n) is 11.6. The van der Waals surface area contributed by atoms with Gasteiger partial charge >= 0.3 is 11.9 Å². The summed E-state index contributed by atoms with van der Waals surface area (Å²) >= 11 is -2.14. The molecule has 11 nitrogen and oxygen atoms in total. The molecule has 0 bridgehead atoms. The van der Waals surface area contributed by atoms with Crippen LogP contribution in [0.1, 0.15) is 31.8 Å². The maximum atomic E-state index is 13.8. The van der Waals surface area contributed by atoms with Crippen LogP contribution in [0.4, 0.5) is 15.9 Å². The van der Waals surface area contributed by atoms with Crippen molar-refractivity contribution in [2.24, 2.45) is 0 Å². The molecule has 0 spiro atoms. The summed E-state index contributed by atoms with van der Waals surface area (Å²) in [6.45, 7) is 4.49. The van der Waals surface area contributed by atoms with Crippen LogP contribution in [0, 0.1) is 12.7 Å². The van der Waals surface area contributed by atoms with Gasteiger partial charge < -0.3 is 20.1 Å². The Morgan fingerprint density at radius 1 is 1.00 bits per heavy atom. The van der Waals surface area contributed by atoms with Crippen LogP contribution in [0.2, 0.25) is 0 Å². The number of hydrogen-bond acceptors (Lipinski definition) is 9. The zero-order chi connectivity index (χ0) is 27.4. The Kier molecular flexibility index (Phi) is 8.42. The Balaban J connectivity index is 1.72. The highest BCUT2D eigenvalue weighted by atomic mass is 32.2. The van der Waals surface area contributed by atoms with E-state index in [1.165, 1.54) is 18.3 Å². The molecule has 1 unspecified atom stereocenters. The number of pyridine rings is 2. The van der Waals surface area contributed by atoms with Gasteiger partial charge in [-0.05, 0) is 47.3 Å². The molecule has 1 aliphatic heterocycles. The van der Waals surface area contributed by atoms with E-state index in [0.29, 0.717) is 49.5 Å². The lowest BCUT2D eigenvalue weighted by Crippen LogP contribution is -2.46. The number of aryl methyl sites for hydroxylation is 1. The summed E-state index contributed by atoms with van der Waals surface area (Å²) in [6, 6.07) is 5.60. The molecule has 3 heterocycles. The van der Waals surface area contributed by atoms with E-state index in [4.69, 9.17) is 0 Å². The number of carboxylic acids is 2. The molecule has 1 fully saturated rings. The topological polar surface area (TPSA) is 159 Å². The molecule has 1 atom stereocenters. The average molecular weight is 543 g/mol. The third-order valence-electron chi connectivity index (χ3n) is 6.19. The van der Waals surface area contributed by atoms with Crippen LogP contribution in [-0.4, -0.2) is 82.7 Å². The number of piperazine rings is 1. The third-order valence-corrected chi connectivity index (χ3v) is 6.76. The highest BCUT2D eigenvalue weighted by Gasteiger charge is 2.22. The monoisotopic (exact) mass is 542 g/mol. The highest BCUT2D eigenvalue weighted by Crippen LogP contribution is 2.34. The van der Waals surface area contributed by atoms with E-state index < -0.39 is 28.8 Å². The van der Waals surface area contributed by atoms with Gasteiger partial charge in [0.25, 0.3) is 0 Å². The van der Waals surface area contributed by atoms with Gasteiger partial charge in [0.15, 0.2) is 0 Å². The Morgan fingerprint density at radius 2 is 1.68 bits per heavy atom. The number of benzene rings is 1. The van der Waals surface area contributed by atoms with Crippen molar-refractivity contribution >= 4 is 34.5 Å². The molecular formula is C25H25FN5O6S-. The number of carboxylic acid groups (broad SMARTS) is 2. The van der Waals surface area contributed by atoms with Crippen molar-refractivity contribution < 1.29 is 33.0 Å². The lowest BCUT2D eigenvalue weighted by atomic mass is 9.93. The molecule has 3 N–H and O–H groups in total. The van der Waals surface area contributed by atoms with Crippen molar-refractivity contribution in [1.82, 2.24) is 19.8 Å². The van der Waals surface area contributed by atoms with E-state index in [9.17, 15) is 33.0 Å². The number of halogens is 1. The van der Waals surface area contributed by atoms with E-state index in [1.54, 1.807) is 19.2 Å². The minimum atomic E-state index is -2.14. The molecule has 38 heavy (non-hydrogen) atoms. The summed E-state index contributed by atoms with van der Waals surface area (Å²) in [6.07, 6.45) is 4.07. The first kappa shape index (κ1) is 27.3. The van der Waals surface area contributed by atoms with Gasteiger partial charge in [0, 0.05) is 56.1 Å². The average Bonchev–Trinajstić information content (AvgIpc) is 2.85. The molecule has 3 aromatic rings. The predicted octanol–water partition coefficient (Wildman–Crippen LogP) is 2.69. The SMILES string of the molecule is Cc1cc(-c2cc(CN3CCN(CS(=O)[O-])CC3)cnc2Nc2cncc(F)c2)c(C(=O)O)cc1C(=O)O. The van der Waals surface area contributed by atoms with Gasteiger partial charge in [-0.1, -0.05) is 0 Å². The molecular weight excluding hydrogens is 517 g/mol. The molecule has 0 amide bonds. The smallest absolute Gasteiger partial charge is 0.336 e. The van der Waals surface area contributed by atoms with Crippen LogP contribution in [0.3, 0.4) is 0 Å². The zero-order valence-corrected chi connectivity index (χ0v) is 21.2. The lowest BCUT2D eigenvalue weighted by Gasteiger charge is -2.35. The van der Waals surface area contributed by atoms with Crippen molar-refractivity contribution in [3.63, 3.8) is 0 Å². The van der Waals surface area contributed by atoms with Crippen LogP contribution in [0.25, 0.3) is 11.1 Å². The Hall–Kier alpha value is -3.78. The standard InChI is InChI=1S/C25H26FN5O6S/c1-15-6-20(22(25(34)35)9-19(15)24(32)33)21-7-16(13-30-2-4-31(5-3-30)14-38(36)37)10-28-23(21)29-18-8-17(26)11-27-12-18/h6-12H,2-5,13-14H2,1H3,(H,28,29)(H,32,33)(H,34,35)(H,36,37)/p-1. The second kappa shape index (κ2) is 11.7. The summed E-state index contributed by atoms with van der Waals surface area (Å²) in [4.78, 5) is 36.1. The summed E-state index contributed by atoms with van der Waals surface area (Å²) in [5.41, 5.74) is 1.73. The number of rotatable bonds is 9. The number of nitrogens with one attached hydrogen (secondary N) is 1. The Morgan fingerprint density at radius 3 is 2.32 bits per heavy atom. The Labute approximate surface area is 220 Å². The van der Waals surface area contributed by atoms with Gasteiger partial charge in [-0.15, -0.1) is 0 Å². The van der Waals surface area contributed by atoms with Crippen LogP contribution >= 0.6 is 0 Å². The number of hydrogen-bond donors (Lipinski definition) is 3. The van der Waals surface area contributed by atoms with E-state index in [2.05, 4.69) is 20.2 Å². The van der Waals surface area contributed by atoms with Crippen molar-refractivity contribution in [3.05, 3.63) is 70.9 Å². The fourth-order valence-corrected chi connectivity index (χ4v) is 4.89. The van der Waals surface area contributed by atoms with Crippen LogP contribution < -0.4 is 5.32 Å². The summed E-state index contributed by atoms with van der Waals surface area (Å²) in [5.74, 6) is -2.89. The number of aromatic carboxylic acids is 2. The predicted molar refractivity (Wildman–Crippen MR) is 136 cm³/mol. The highest BCUT2D eigenvalue weighted by molar-refractivity contribution is 7.79. The Bertz CT molecular complexity index is 1400. The first-order chi connectivity index (χ1) is 18.1. The number of carbonyl (C=O) groups is 2. The number of nitrogens with zero attached hydrogens (tertiary/aromatic N) is 4. The minimum Gasteiger partial charge on any atom is -0.771 e. The molecule has 200 valence electrons. The van der Waals surface area contributed by atoms with Gasteiger partial charge in [0.1, 0.15) is 11.6 Å². The van der Waals surface area contributed by atoms with Crippen molar-refractivity contribution in [3.8, 4) is 11.1 Å². The van der Waals surface area contributed by atoms with Gasteiger partial charge in [-0.25, -0.2) is 19.0 Å². The largest absolute Gasteiger partial charge is 0.771 e. The molecule has 2 aromatic heterocycles. The van der Waals surface area contributed by atoms with Crippen LogP contribution in [0.15, 0.2) is 42.9 Å². The first-order valence-corrected chi connectivity index (χ1v) is 12.8. The van der Waals surface area contributed by atoms with Crippen molar-refractivity contribution in [2.75, 3.05) is 37.4 Å². The summed E-state index contributed by atoms with van der Waals surface area (Å²) in [7, 11) is 0. The summed E-state index contributed by atoms with van der Waals surface area (Å²) < 4.78 is 35.7. The van der Waals surface area contributed by atoms with E-state index in [0.717, 1.165) is 17.8 Å².